The first-order chi connectivity index (χ1) is 16.2. The maximum atomic E-state index is 13.1. The topological polar surface area (TPSA) is 105 Å². The highest BCUT2D eigenvalue weighted by Gasteiger charge is 2.47. The molecule has 3 atom stereocenters. The minimum atomic E-state index is -1.06. The van der Waals surface area contributed by atoms with Crippen LogP contribution in [0.2, 0.25) is 0 Å². The van der Waals surface area contributed by atoms with E-state index in [1.807, 2.05) is 24.3 Å². The Hall–Kier alpha value is -3.35. The van der Waals surface area contributed by atoms with E-state index in [4.69, 9.17) is 4.74 Å². The van der Waals surface area contributed by atoms with Crippen LogP contribution in [-0.2, 0) is 14.3 Å². The fraction of sp³-hybridized carbons (Fsp3) is 0.444. The summed E-state index contributed by atoms with van der Waals surface area (Å²) in [5.74, 6) is -1.71. The number of alkyl carbamates (subject to hydrolysis) is 1. The number of carboxylic acid groups (broad SMARTS) is 1. The summed E-state index contributed by atoms with van der Waals surface area (Å²) in [6, 6.07) is 14.9. The first-order valence-corrected chi connectivity index (χ1v) is 11.9. The number of carbonyl (C=O) groups excluding carboxylic acids is 2. The molecule has 0 aliphatic heterocycles. The predicted molar refractivity (Wildman–Crippen MR) is 128 cm³/mol. The zero-order valence-corrected chi connectivity index (χ0v) is 19.8. The molecule has 7 nitrogen and oxygen atoms in total. The molecule has 2 amide bonds. The lowest BCUT2D eigenvalue weighted by Crippen LogP contribution is -2.55. The van der Waals surface area contributed by atoms with Crippen molar-refractivity contribution < 1.29 is 24.2 Å². The van der Waals surface area contributed by atoms with Crippen LogP contribution in [0.4, 0.5) is 4.79 Å². The van der Waals surface area contributed by atoms with Gasteiger partial charge in [0.05, 0.1) is 5.41 Å². The second kappa shape index (κ2) is 9.49. The highest BCUT2D eigenvalue weighted by atomic mass is 16.5. The zero-order chi connectivity index (χ0) is 24.5. The molecule has 0 radical (unpaired) electrons. The van der Waals surface area contributed by atoms with Gasteiger partial charge in [-0.3, -0.25) is 4.79 Å². The Kier molecular flexibility index (Phi) is 6.64. The molecule has 3 unspecified atom stereocenters. The Morgan fingerprint density at radius 2 is 1.65 bits per heavy atom. The minimum Gasteiger partial charge on any atom is -0.480 e. The molecule has 0 heterocycles. The van der Waals surface area contributed by atoms with Crippen LogP contribution in [0.25, 0.3) is 11.1 Å². The molecule has 0 bridgehead atoms. The van der Waals surface area contributed by atoms with Gasteiger partial charge in [0.2, 0.25) is 5.91 Å². The summed E-state index contributed by atoms with van der Waals surface area (Å²) in [7, 11) is 0. The van der Waals surface area contributed by atoms with Crippen molar-refractivity contribution in [3.05, 3.63) is 59.7 Å². The van der Waals surface area contributed by atoms with Gasteiger partial charge in [-0.1, -0.05) is 68.8 Å². The highest BCUT2D eigenvalue weighted by molar-refractivity contribution is 5.88. The van der Waals surface area contributed by atoms with Crippen LogP contribution in [0.3, 0.4) is 0 Å². The number of carboxylic acids is 1. The fourth-order valence-corrected chi connectivity index (χ4v) is 5.27. The van der Waals surface area contributed by atoms with Crippen molar-refractivity contribution in [1.82, 2.24) is 10.6 Å². The van der Waals surface area contributed by atoms with Gasteiger partial charge in [-0.25, -0.2) is 9.59 Å². The molecule has 4 rings (SSSR count). The summed E-state index contributed by atoms with van der Waals surface area (Å²) in [4.78, 5) is 37.4. The number of hydrogen-bond acceptors (Lipinski definition) is 4. The molecule has 0 aromatic heterocycles. The monoisotopic (exact) mass is 464 g/mol. The van der Waals surface area contributed by atoms with Gasteiger partial charge in [0.25, 0.3) is 0 Å². The van der Waals surface area contributed by atoms with Gasteiger partial charge in [0.15, 0.2) is 0 Å². The molecule has 2 aromatic rings. The van der Waals surface area contributed by atoms with Crippen LogP contribution < -0.4 is 10.6 Å². The summed E-state index contributed by atoms with van der Waals surface area (Å²) in [6.07, 6.45) is 1.40. The average molecular weight is 465 g/mol. The molecule has 2 aliphatic rings. The van der Waals surface area contributed by atoms with Crippen molar-refractivity contribution in [1.29, 1.82) is 0 Å². The summed E-state index contributed by atoms with van der Waals surface area (Å²) in [5, 5.41) is 15.0. The fourth-order valence-electron chi connectivity index (χ4n) is 5.27. The summed E-state index contributed by atoms with van der Waals surface area (Å²) in [5.41, 5.74) is 3.69. The number of fused-ring (bicyclic) bond motifs is 3. The molecule has 0 spiro atoms. The van der Waals surface area contributed by atoms with Crippen LogP contribution in [0, 0.1) is 11.3 Å². The van der Waals surface area contributed by atoms with Crippen LogP contribution >= 0.6 is 0 Å². The largest absolute Gasteiger partial charge is 0.480 e. The minimum absolute atomic E-state index is 0.0428. The number of hydrogen-bond donors (Lipinski definition) is 3. The van der Waals surface area contributed by atoms with Crippen LogP contribution in [0.5, 0.6) is 0 Å². The van der Waals surface area contributed by atoms with Crippen molar-refractivity contribution in [3.63, 3.8) is 0 Å². The number of rotatable bonds is 7. The SMILES string of the molecule is CC(C)C(NC(=O)C1(C)CCCC1NC(=O)OCC1c2ccccc2-c2ccccc21)C(=O)O. The van der Waals surface area contributed by atoms with Gasteiger partial charge in [0, 0.05) is 12.0 Å². The predicted octanol–water partition coefficient (Wildman–Crippen LogP) is 4.31. The van der Waals surface area contributed by atoms with Crippen LogP contribution in [0.15, 0.2) is 48.5 Å². The van der Waals surface area contributed by atoms with Crippen LogP contribution in [-0.4, -0.2) is 41.8 Å². The van der Waals surface area contributed by atoms with Crippen molar-refractivity contribution in [2.24, 2.45) is 11.3 Å². The van der Waals surface area contributed by atoms with Gasteiger partial charge in [0.1, 0.15) is 12.6 Å². The Balaban J connectivity index is 1.41. The number of benzene rings is 2. The quantitative estimate of drug-likeness (QED) is 0.566. The van der Waals surface area contributed by atoms with Gasteiger partial charge in [-0.15, -0.1) is 0 Å². The van der Waals surface area contributed by atoms with E-state index in [1.165, 1.54) is 0 Å². The summed E-state index contributed by atoms with van der Waals surface area (Å²) in [6.45, 7) is 5.48. The molecule has 1 fully saturated rings. The lowest BCUT2D eigenvalue weighted by Gasteiger charge is -2.32. The third kappa shape index (κ3) is 4.39. The standard InChI is InChI=1S/C27H32N2O5/c1-16(2)23(24(30)31)29-25(32)27(3)14-8-13-22(27)28-26(33)34-15-21-19-11-6-4-9-17(19)18-10-5-7-12-20(18)21/h4-7,9-12,16,21-23H,8,13-15H2,1-3H3,(H,28,33)(H,29,32)(H,30,31). The van der Waals surface area contributed by atoms with Gasteiger partial charge >= 0.3 is 12.1 Å². The molecule has 3 N–H and O–H groups in total. The van der Waals surface area contributed by atoms with E-state index >= 15 is 0 Å². The van der Waals surface area contributed by atoms with Crippen molar-refractivity contribution >= 4 is 18.0 Å². The molecule has 7 heteroatoms. The van der Waals surface area contributed by atoms with E-state index in [0.29, 0.717) is 12.8 Å². The highest BCUT2D eigenvalue weighted by Crippen LogP contribution is 2.44. The first kappa shape index (κ1) is 23.8. The lowest BCUT2D eigenvalue weighted by molar-refractivity contribution is -0.145. The van der Waals surface area contributed by atoms with E-state index in [-0.39, 0.29) is 24.3 Å². The van der Waals surface area contributed by atoms with Gasteiger partial charge in [-0.2, -0.15) is 0 Å². The Bertz CT molecular complexity index is 1050. The zero-order valence-electron chi connectivity index (χ0n) is 19.8. The molecule has 1 saturated carbocycles. The molecule has 2 aliphatic carbocycles. The van der Waals surface area contributed by atoms with Gasteiger partial charge in [-0.05, 0) is 47.9 Å². The molecular formula is C27H32N2O5. The van der Waals surface area contributed by atoms with Crippen LogP contribution in [0.1, 0.15) is 57.1 Å². The normalized spacial score (nSPS) is 22.1. The molecule has 180 valence electrons. The Labute approximate surface area is 199 Å². The van der Waals surface area contributed by atoms with E-state index in [1.54, 1.807) is 20.8 Å². The average Bonchev–Trinajstić information content (AvgIpc) is 3.34. The maximum Gasteiger partial charge on any atom is 0.407 e. The van der Waals surface area contributed by atoms with Crippen molar-refractivity contribution in [3.8, 4) is 11.1 Å². The van der Waals surface area contributed by atoms with Gasteiger partial charge < -0.3 is 20.5 Å². The third-order valence-corrected chi connectivity index (χ3v) is 7.33. The maximum absolute atomic E-state index is 13.1. The number of ether oxygens (including phenoxy) is 1. The first-order valence-electron chi connectivity index (χ1n) is 11.9. The number of carbonyl (C=O) groups is 3. The smallest absolute Gasteiger partial charge is 0.407 e. The summed E-state index contributed by atoms with van der Waals surface area (Å²) >= 11 is 0. The van der Waals surface area contributed by atoms with E-state index in [9.17, 15) is 19.5 Å². The number of amides is 2. The molecular weight excluding hydrogens is 432 g/mol. The molecule has 0 saturated heterocycles. The number of nitrogens with one attached hydrogen (secondary N) is 2. The van der Waals surface area contributed by atoms with Crippen molar-refractivity contribution in [2.45, 2.75) is 58.0 Å². The van der Waals surface area contributed by atoms with E-state index in [0.717, 1.165) is 28.7 Å². The second-order valence-corrected chi connectivity index (χ2v) is 9.87. The summed E-state index contributed by atoms with van der Waals surface area (Å²) < 4.78 is 5.66. The number of aliphatic carboxylic acids is 1. The Morgan fingerprint density at radius 1 is 1.06 bits per heavy atom. The van der Waals surface area contributed by atoms with Crippen molar-refractivity contribution in [2.75, 3.05) is 6.61 Å². The second-order valence-electron chi connectivity index (χ2n) is 9.87. The molecule has 34 heavy (non-hydrogen) atoms. The van der Waals surface area contributed by atoms with E-state index < -0.39 is 29.6 Å². The third-order valence-electron chi connectivity index (χ3n) is 7.33. The molecule has 2 aromatic carbocycles. The Morgan fingerprint density at radius 3 is 2.21 bits per heavy atom. The lowest BCUT2D eigenvalue weighted by atomic mass is 9.83. The van der Waals surface area contributed by atoms with E-state index in [2.05, 4.69) is 34.9 Å².